The number of carbonyl (C=O) groups excluding carboxylic acids is 3. The quantitative estimate of drug-likeness (QED) is 0.363. The van der Waals surface area contributed by atoms with Gasteiger partial charge in [0.2, 0.25) is 0 Å². The van der Waals surface area contributed by atoms with Crippen LogP contribution in [0.1, 0.15) is 12.5 Å². The van der Waals surface area contributed by atoms with Crippen molar-refractivity contribution in [2.45, 2.75) is 6.92 Å². The topological polar surface area (TPSA) is 132 Å². The van der Waals surface area contributed by atoms with Crippen molar-refractivity contribution in [3.63, 3.8) is 0 Å². The fourth-order valence-corrected chi connectivity index (χ4v) is 2.13. The van der Waals surface area contributed by atoms with Crippen LogP contribution in [0.2, 0.25) is 0 Å². The molecule has 0 fully saturated rings. The molecular weight excluding hydrogens is 383 g/mol. The van der Waals surface area contributed by atoms with Crippen LogP contribution in [0.4, 0.5) is 10.1 Å². The van der Waals surface area contributed by atoms with Gasteiger partial charge in [-0.15, -0.1) is 0 Å². The highest BCUT2D eigenvalue weighted by Crippen LogP contribution is 2.28. The van der Waals surface area contributed by atoms with Crippen LogP contribution in [0.25, 0.3) is 0 Å². The number of rotatable bonds is 7. The molecule has 3 amide bonds. The zero-order chi connectivity index (χ0) is 21.4. The number of anilines is 1. The highest BCUT2D eigenvalue weighted by atomic mass is 19.1. The summed E-state index contributed by atoms with van der Waals surface area (Å²) in [4.78, 5) is 34.6. The Balaban J connectivity index is 2.02. The van der Waals surface area contributed by atoms with E-state index in [4.69, 9.17) is 15.2 Å². The lowest BCUT2D eigenvalue weighted by molar-refractivity contribution is -0.136. The van der Waals surface area contributed by atoms with Crippen molar-refractivity contribution in [2.24, 2.45) is 10.8 Å². The van der Waals surface area contributed by atoms with Gasteiger partial charge in [0, 0.05) is 11.3 Å². The Labute approximate surface area is 165 Å². The zero-order valence-corrected chi connectivity index (χ0v) is 15.7. The molecule has 0 atom stereocenters. The Bertz CT molecular complexity index is 944. The number of hydrogen-bond donors (Lipinski definition) is 3. The van der Waals surface area contributed by atoms with Gasteiger partial charge in [-0.3, -0.25) is 14.4 Å². The van der Waals surface area contributed by atoms with E-state index in [1.54, 1.807) is 25.1 Å². The molecule has 4 N–H and O–H groups in total. The first-order chi connectivity index (χ1) is 13.8. The second-order valence-electron chi connectivity index (χ2n) is 5.72. The summed E-state index contributed by atoms with van der Waals surface area (Å²) >= 11 is 0. The van der Waals surface area contributed by atoms with Gasteiger partial charge >= 0.3 is 11.8 Å². The average molecular weight is 402 g/mol. The van der Waals surface area contributed by atoms with E-state index < -0.39 is 23.5 Å². The van der Waals surface area contributed by atoms with Gasteiger partial charge in [0.05, 0.1) is 12.8 Å². The lowest BCUT2D eigenvalue weighted by atomic mass is 10.1. The van der Waals surface area contributed by atoms with Gasteiger partial charge in [0.15, 0.2) is 18.1 Å². The number of hydrazone groups is 1. The Morgan fingerprint density at radius 3 is 2.38 bits per heavy atom. The normalized spacial score (nSPS) is 10.8. The molecule has 0 spiro atoms. The van der Waals surface area contributed by atoms with E-state index >= 15 is 0 Å². The molecule has 0 aliphatic carbocycles. The van der Waals surface area contributed by atoms with Gasteiger partial charge in [-0.05, 0) is 49.4 Å². The van der Waals surface area contributed by atoms with Crippen LogP contribution in [-0.2, 0) is 14.4 Å². The lowest BCUT2D eigenvalue weighted by Crippen LogP contribution is -2.32. The molecular formula is C19H19FN4O5. The Kier molecular flexibility index (Phi) is 7.24. The summed E-state index contributed by atoms with van der Waals surface area (Å²) in [6.45, 7) is 1.30. The van der Waals surface area contributed by atoms with Crippen LogP contribution in [0, 0.1) is 5.82 Å². The SMILES string of the molecule is COc1cc(/C(C)=N/NC(=O)C(=O)Nc2ccc(F)cc2)ccc1OCC(N)=O. The summed E-state index contributed by atoms with van der Waals surface area (Å²) in [5.41, 5.74) is 8.40. The molecule has 0 bridgehead atoms. The van der Waals surface area contributed by atoms with Gasteiger partial charge in [0.25, 0.3) is 5.91 Å². The maximum Gasteiger partial charge on any atom is 0.329 e. The van der Waals surface area contributed by atoms with Crippen molar-refractivity contribution < 1.29 is 28.2 Å². The van der Waals surface area contributed by atoms with Gasteiger partial charge in [-0.25, -0.2) is 9.82 Å². The molecule has 10 heteroatoms. The lowest BCUT2D eigenvalue weighted by Gasteiger charge is -2.11. The number of benzene rings is 2. The third kappa shape index (κ3) is 6.31. The smallest absolute Gasteiger partial charge is 0.329 e. The van der Waals surface area contributed by atoms with Crippen molar-refractivity contribution in [1.82, 2.24) is 5.43 Å². The van der Waals surface area contributed by atoms with E-state index in [9.17, 15) is 18.8 Å². The maximum absolute atomic E-state index is 12.9. The minimum absolute atomic E-state index is 0.267. The van der Waals surface area contributed by atoms with Crippen LogP contribution in [0.5, 0.6) is 11.5 Å². The molecule has 9 nitrogen and oxygen atoms in total. The van der Waals surface area contributed by atoms with Crippen molar-refractivity contribution in [3.8, 4) is 11.5 Å². The molecule has 2 rings (SSSR count). The number of nitrogens with two attached hydrogens (primary N) is 1. The molecule has 0 saturated heterocycles. The molecule has 0 heterocycles. The minimum Gasteiger partial charge on any atom is -0.493 e. The molecule has 0 unspecified atom stereocenters. The van der Waals surface area contributed by atoms with Crippen LogP contribution >= 0.6 is 0 Å². The second-order valence-corrected chi connectivity index (χ2v) is 5.72. The van der Waals surface area contributed by atoms with Gasteiger partial charge in [-0.1, -0.05) is 0 Å². The monoisotopic (exact) mass is 402 g/mol. The fourth-order valence-electron chi connectivity index (χ4n) is 2.13. The summed E-state index contributed by atoms with van der Waals surface area (Å²) in [7, 11) is 1.42. The van der Waals surface area contributed by atoms with Crippen molar-refractivity contribution >= 4 is 29.1 Å². The van der Waals surface area contributed by atoms with Crippen LogP contribution in [0.15, 0.2) is 47.6 Å². The van der Waals surface area contributed by atoms with Crippen LogP contribution in [-0.4, -0.2) is 37.1 Å². The predicted octanol–water partition coefficient (Wildman–Crippen LogP) is 1.18. The largest absolute Gasteiger partial charge is 0.493 e. The van der Waals surface area contributed by atoms with E-state index in [0.29, 0.717) is 22.8 Å². The molecule has 2 aromatic carbocycles. The fraction of sp³-hybridized carbons (Fsp3) is 0.158. The second kappa shape index (κ2) is 9.83. The Morgan fingerprint density at radius 2 is 1.76 bits per heavy atom. The minimum atomic E-state index is -0.998. The van der Waals surface area contributed by atoms with Crippen LogP contribution in [0.3, 0.4) is 0 Å². The standard InChI is InChI=1S/C19H19FN4O5/c1-11(12-3-8-15(16(9-12)28-2)29-10-17(21)25)23-24-19(27)18(26)22-14-6-4-13(20)5-7-14/h3-9H,10H2,1-2H3,(H2,21,25)(H,22,26)(H,24,27)/b23-11+. The molecule has 2 aromatic rings. The average Bonchev–Trinajstić information content (AvgIpc) is 2.71. The highest BCUT2D eigenvalue weighted by molar-refractivity contribution is 6.39. The van der Waals surface area contributed by atoms with Gasteiger partial charge in [-0.2, -0.15) is 5.10 Å². The number of methoxy groups -OCH3 is 1. The predicted molar refractivity (Wildman–Crippen MR) is 103 cm³/mol. The number of nitrogens with one attached hydrogen (secondary N) is 2. The first-order valence-electron chi connectivity index (χ1n) is 8.31. The molecule has 0 radical (unpaired) electrons. The molecule has 152 valence electrons. The molecule has 0 aliphatic heterocycles. The number of primary amides is 1. The first-order valence-corrected chi connectivity index (χ1v) is 8.31. The van der Waals surface area contributed by atoms with E-state index in [-0.39, 0.29) is 12.3 Å². The molecule has 0 aliphatic rings. The van der Waals surface area contributed by atoms with Crippen LogP contribution < -0.4 is 25.9 Å². The first kappa shape index (κ1) is 21.4. The number of nitrogens with zero attached hydrogens (tertiary/aromatic N) is 1. The number of halogens is 1. The van der Waals surface area contributed by atoms with E-state index in [0.717, 1.165) is 12.1 Å². The van der Waals surface area contributed by atoms with E-state index in [2.05, 4.69) is 15.8 Å². The number of carbonyl (C=O) groups is 3. The summed E-state index contributed by atoms with van der Waals surface area (Å²) < 4.78 is 23.3. The van der Waals surface area contributed by atoms with Gasteiger partial charge < -0.3 is 20.5 Å². The number of ether oxygens (including phenoxy) is 2. The van der Waals surface area contributed by atoms with E-state index in [1.807, 2.05) is 0 Å². The molecule has 29 heavy (non-hydrogen) atoms. The molecule has 0 aromatic heterocycles. The zero-order valence-electron chi connectivity index (χ0n) is 15.7. The Morgan fingerprint density at radius 1 is 1.07 bits per heavy atom. The van der Waals surface area contributed by atoms with E-state index in [1.165, 1.54) is 19.2 Å². The molecule has 0 saturated carbocycles. The number of amides is 3. The van der Waals surface area contributed by atoms with Crippen molar-refractivity contribution in [2.75, 3.05) is 19.0 Å². The summed E-state index contributed by atoms with van der Waals surface area (Å²) in [6, 6.07) is 9.72. The van der Waals surface area contributed by atoms with Crippen molar-refractivity contribution in [1.29, 1.82) is 0 Å². The third-order valence-corrected chi connectivity index (χ3v) is 3.58. The summed E-state index contributed by atoms with van der Waals surface area (Å²) in [5.74, 6) is -2.41. The van der Waals surface area contributed by atoms with Gasteiger partial charge in [0.1, 0.15) is 5.82 Å². The highest BCUT2D eigenvalue weighted by Gasteiger charge is 2.14. The van der Waals surface area contributed by atoms with Crippen molar-refractivity contribution in [3.05, 3.63) is 53.8 Å². The summed E-state index contributed by atoms with van der Waals surface area (Å²) in [5, 5.41) is 6.20. The summed E-state index contributed by atoms with van der Waals surface area (Å²) in [6.07, 6.45) is 0. The third-order valence-electron chi connectivity index (χ3n) is 3.58. The maximum atomic E-state index is 12.9. The number of hydrogen-bond acceptors (Lipinski definition) is 6. The Hall–Kier alpha value is -3.95.